The van der Waals surface area contributed by atoms with Crippen LogP contribution in [0.3, 0.4) is 0 Å². The van der Waals surface area contributed by atoms with E-state index in [0.717, 1.165) is 0 Å². The fourth-order valence-corrected chi connectivity index (χ4v) is 1.93. The highest BCUT2D eigenvalue weighted by Crippen LogP contribution is 2.24. The molecule has 4 heteroatoms. The normalized spacial score (nSPS) is 10.4. The van der Waals surface area contributed by atoms with Crippen LogP contribution < -0.4 is 0 Å². The van der Waals surface area contributed by atoms with Crippen molar-refractivity contribution in [2.45, 2.75) is 6.92 Å². The van der Waals surface area contributed by atoms with Gasteiger partial charge in [0, 0.05) is 28.9 Å². The highest BCUT2D eigenvalue weighted by molar-refractivity contribution is 6.26. The van der Waals surface area contributed by atoms with Crippen LogP contribution in [-0.4, -0.2) is 23.5 Å². The lowest BCUT2D eigenvalue weighted by atomic mass is 9.99. The first kappa shape index (κ1) is 14.7. The zero-order valence-corrected chi connectivity index (χ0v) is 9.57. The lowest BCUT2D eigenvalue weighted by Crippen LogP contribution is -2.29. The van der Waals surface area contributed by atoms with Crippen molar-refractivity contribution in [1.82, 2.24) is 0 Å². The van der Waals surface area contributed by atoms with E-state index in [1.807, 2.05) is 0 Å². The van der Waals surface area contributed by atoms with Crippen LogP contribution in [0.4, 0.5) is 0 Å². The van der Waals surface area contributed by atoms with Crippen molar-refractivity contribution in [2.75, 3.05) is 23.5 Å². The van der Waals surface area contributed by atoms with Crippen LogP contribution in [0.15, 0.2) is 0 Å². The molecule has 0 saturated heterocycles. The SMILES string of the molecule is ClCC(CCl)(CCl)CCl.[CH2]C. The number of rotatable bonds is 4. The molecule has 0 aromatic rings. The van der Waals surface area contributed by atoms with Gasteiger partial charge in [0.25, 0.3) is 0 Å². The molecule has 0 N–H and O–H groups in total. The fraction of sp³-hybridized carbons (Fsp3) is 0.857. The maximum absolute atomic E-state index is 5.57. The predicted molar refractivity (Wildman–Crippen MR) is 56.3 cm³/mol. The summed E-state index contributed by atoms with van der Waals surface area (Å²) in [6.45, 7) is 5.00. The third kappa shape index (κ3) is 5.41. The molecule has 0 aromatic carbocycles. The lowest BCUT2D eigenvalue weighted by molar-refractivity contribution is 0.500. The Labute approximate surface area is 89.1 Å². The predicted octanol–water partition coefficient (Wildman–Crippen LogP) is 3.77. The minimum atomic E-state index is -0.272. The number of halogens is 4. The summed E-state index contributed by atoms with van der Waals surface area (Å²) >= 11 is 22.3. The maximum atomic E-state index is 5.57. The molecule has 0 rings (SSSR count). The van der Waals surface area contributed by atoms with Crippen molar-refractivity contribution in [1.29, 1.82) is 0 Å². The van der Waals surface area contributed by atoms with Gasteiger partial charge in [0.1, 0.15) is 0 Å². The maximum Gasteiger partial charge on any atom is 0.0314 e. The van der Waals surface area contributed by atoms with Crippen molar-refractivity contribution in [3.05, 3.63) is 6.92 Å². The van der Waals surface area contributed by atoms with E-state index in [-0.39, 0.29) is 5.41 Å². The molecule has 1 radical (unpaired) electrons. The van der Waals surface area contributed by atoms with Crippen molar-refractivity contribution >= 4 is 46.4 Å². The van der Waals surface area contributed by atoms with Crippen LogP contribution in [0.1, 0.15) is 6.92 Å². The molecule has 11 heavy (non-hydrogen) atoms. The van der Waals surface area contributed by atoms with Gasteiger partial charge in [0.2, 0.25) is 0 Å². The second-order valence-corrected chi connectivity index (χ2v) is 3.10. The van der Waals surface area contributed by atoms with E-state index >= 15 is 0 Å². The standard InChI is InChI=1S/C5H8Cl4.C2H5/c6-1-5(2-7,3-8)4-9;1-2/h1-4H2;1H2,2H3. The summed E-state index contributed by atoms with van der Waals surface area (Å²) < 4.78 is 0. The minimum Gasteiger partial charge on any atom is -0.126 e. The summed E-state index contributed by atoms with van der Waals surface area (Å²) in [4.78, 5) is 0. The van der Waals surface area contributed by atoms with Crippen molar-refractivity contribution < 1.29 is 0 Å². The molecule has 0 nitrogen and oxygen atoms in total. The topological polar surface area (TPSA) is 0 Å². The molecule has 0 heterocycles. The molecule has 0 unspecified atom stereocenters. The van der Waals surface area contributed by atoms with Gasteiger partial charge in [-0.05, 0) is 0 Å². The smallest absolute Gasteiger partial charge is 0.0314 e. The molecule has 0 aliphatic carbocycles. The summed E-state index contributed by atoms with van der Waals surface area (Å²) in [5, 5.41) is 0. The van der Waals surface area contributed by atoms with Crippen LogP contribution in [0.25, 0.3) is 0 Å². The molecule has 0 fully saturated rings. The summed E-state index contributed by atoms with van der Waals surface area (Å²) in [7, 11) is 0. The van der Waals surface area contributed by atoms with E-state index < -0.39 is 0 Å². The summed E-state index contributed by atoms with van der Waals surface area (Å²) in [5.74, 6) is 1.68. The Kier molecular flexibility index (Phi) is 12.3. The van der Waals surface area contributed by atoms with Gasteiger partial charge in [-0.3, -0.25) is 0 Å². The molecule has 0 saturated carbocycles. The monoisotopic (exact) mass is 237 g/mol. The van der Waals surface area contributed by atoms with Gasteiger partial charge in [-0.15, -0.1) is 46.4 Å². The minimum absolute atomic E-state index is 0.272. The molecule has 0 bridgehead atoms. The summed E-state index contributed by atoms with van der Waals surface area (Å²) in [5.41, 5.74) is -0.272. The van der Waals surface area contributed by atoms with Crippen molar-refractivity contribution in [3.63, 3.8) is 0 Å². The van der Waals surface area contributed by atoms with Gasteiger partial charge in [-0.1, -0.05) is 13.8 Å². The van der Waals surface area contributed by atoms with Gasteiger partial charge in [-0.25, -0.2) is 0 Å². The molecule has 0 aliphatic heterocycles. The molecule has 69 valence electrons. The molecule has 0 spiro atoms. The van der Waals surface area contributed by atoms with E-state index in [1.54, 1.807) is 6.92 Å². The number of hydrogen-bond donors (Lipinski definition) is 0. The Morgan fingerprint density at radius 2 is 1.00 bits per heavy atom. The van der Waals surface area contributed by atoms with E-state index in [4.69, 9.17) is 46.4 Å². The zero-order chi connectivity index (χ0) is 9.33. The molecule has 0 atom stereocenters. The number of hydrogen-bond acceptors (Lipinski definition) is 0. The fourth-order valence-electron chi connectivity index (χ4n) is 0.214. The Balaban J connectivity index is 0. The second kappa shape index (κ2) is 9.25. The van der Waals surface area contributed by atoms with E-state index in [9.17, 15) is 0 Å². The quantitative estimate of drug-likeness (QED) is 0.655. The molecular weight excluding hydrogens is 226 g/mol. The average molecular weight is 239 g/mol. The van der Waals surface area contributed by atoms with Gasteiger partial charge >= 0.3 is 0 Å². The summed E-state index contributed by atoms with van der Waals surface area (Å²) in [6.07, 6.45) is 0. The van der Waals surface area contributed by atoms with Crippen LogP contribution in [0.5, 0.6) is 0 Å². The highest BCUT2D eigenvalue weighted by atomic mass is 35.5. The second-order valence-electron chi connectivity index (χ2n) is 2.03. The van der Waals surface area contributed by atoms with Crippen molar-refractivity contribution in [2.24, 2.45) is 5.41 Å². The zero-order valence-electron chi connectivity index (χ0n) is 6.55. The Morgan fingerprint density at radius 3 is 1.00 bits per heavy atom. The lowest BCUT2D eigenvalue weighted by Gasteiger charge is -2.22. The first-order valence-corrected chi connectivity index (χ1v) is 5.33. The van der Waals surface area contributed by atoms with Crippen LogP contribution in [-0.2, 0) is 0 Å². The largest absolute Gasteiger partial charge is 0.126 e. The molecule has 0 aromatic heterocycles. The van der Waals surface area contributed by atoms with Crippen LogP contribution >= 0.6 is 46.4 Å². The van der Waals surface area contributed by atoms with Gasteiger partial charge in [-0.2, -0.15) is 0 Å². The van der Waals surface area contributed by atoms with E-state index in [2.05, 4.69) is 6.92 Å². The van der Waals surface area contributed by atoms with E-state index in [0.29, 0.717) is 23.5 Å². The molecular formula is C7H13Cl4. The Bertz CT molecular complexity index is 53.3. The first-order valence-electron chi connectivity index (χ1n) is 3.19. The summed E-state index contributed by atoms with van der Waals surface area (Å²) in [6, 6.07) is 0. The van der Waals surface area contributed by atoms with Crippen molar-refractivity contribution in [3.8, 4) is 0 Å². The van der Waals surface area contributed by atoms with Gasteiger partial charge < -0.3 is 0 Å². The van der Waals surface area contributed by atoms with E-state index in [1.165, 1.54) is 0 Å². The third-order valence-electron chi connectivity index (χ3n) is 1.13. The van der Waals surface area contributed by atoms with Crippen LogP contribution in [0, 0.1) is 12.3 Å². The number of alkyl halides is 4. The average Bonchev–Trinajstić information content (AvgIpc) is 2.13. The van der Waals surface area contributed by atoms with Crippen LogP contribution in [0.2, 0.25) is 0 Å². The van der Waals surface area contributed by atoms with Gasteiger partial charge in [0.05, 0.1) is 0 Å². The Morgan fingerprint density at radius 1 is 0.818 bits per heavy atom. The van der Waals surface area contributed by atoms with Gasteiger partial charge in [0.15, 0.2) is 0 Å². The highest BCUT2D eigenvalue weighted by Gasteiger charge is 2.25. The first-order chi connectivity index (χ1) is 5.24. The third-order valence-corrected chi connectivity index (χ3v) is 3.40. The molecule has 0 amide bonds. The Hall–Kier alpha value is 1.16. The molecule has 0 aliphatic rings.